The van der Waals surface area contributed by atoms with E-state index in [0.29, 0.717) is 30.6 Å². The molecule has 1 aromatic rings. The van der Waals surface area contributed by atoms with E-state index in [1.54, 1.807) is 0 Å². The maximum atomic E-state index is 11.4. The van der Waals surface area contributed by atoms with Gasteiger partial charge in [0.1, 0.15) is 16.8 Å². The smallest absolute Gasteiger partial charge is 0.221 e. The molecule has 1 amide bonds. The Bertz CT molecular complexity index is 474. The largest absolute Gasteiger partial charge is 0.369 e. The predicted octanol–water partition coefficient (Wildman–Crippen LogP) is 2.25. The van der Waals surface area contributed by atoms with Gasteiger partial charge in [0.05, 0.1) is 0 Å². The first kappa shape index (κ1) is 14.1. The lowest BCUT2D eigenvalue weighted by Gasteiger charge is -2.11. The predicted molar refractivity (Wildman–Crippen MR) is 75.5 cm³/mol. The highest BCUT2D eigenvalue weighted by molar-refractivity contribution is 6.30. The molecule has 104 valence electrons. The average Bonchev–Trinajstić information content (AvgIpc) is 3.18. The van der Waals surface area contributed by atoms with Crippen molar-refractivity contribution in [1.29, 1.82) is 0 Å². The van der Waals surface area contributed by atoms with Crippen LogP contribution in [0.5, 0.6) is 0 Å². The van der Waals surface area contributed by atoms with E-state index in [0.717, 1.165) is 30.0 Å². The molecule has 1 heterocycles. The first-order valence-corrected chi connectivity index (χ1v) is 7.04. The van der Waals surface area contributed by atoms with E-state index in [1.807, 2.05) is 13.8 Å². The van der Waals surface area contributed by atoms with Crippen molar-refractivity contribution < 1.29 is 4.79 Å². The van der Waals surface area contributed by atoms with Crippen molar-refractivity contribution in [2.75, 3.05) is 18.4 Å². The lowest BCUT2D eigenvalue weighted by molar-refractivity contribution is -0.120. The summed E-state index contributed by atoms with van der Waals surface area (Å²) in [4.78, 5) is 20.2. The number of carbonyl (C=O) groups is 1. The summed E-state index contributed by atoms with van der Waals surface area (Å²) in [7, 11) is 0. The summed E-state index contributed by atoms with van der Waals surface area (Å²) < 4.78 is 0. The summed E-state index contributed by atoms with van der Waals surface area (Å²) in [5.74, 6) is 2.06. The maximum Gasteiger partial charge on any atom is 0.221 e. The van der Waals surface area contributed by atoms with Crippen molar-refractivity contribution in [2.45, 2.75) is 39.0 Å². The van der Waals surface area contributed by atoms with E-state index in [2.05, 4.69) is 20.6 Å². The van der Waals surface area contributed by atoms with Gasteiger partial charge in [0, 0.05) is 31.0 Å². The van der Waals surface area contributed by atoms with Gasteiger partial charge >= 0.3 is 0 Å². The van der Waals surface area contributed by atoms with Crippen molar-refractivity contribution in [3.05, 3.63) is 16.5 Å². The quantitative estimate of drug-likeness (QED) is 0.786. The van der Waals surface area contributed by atoms with Crippen molar-refractivity contribution in [1.82, 2.24) is 15.3 Å². The van der Waals surface area contributed by atoms with Crippen LogP contribution in [0.1, 0.15) is 43.5 Å². The van der Waals surface area contributed by atoms with Gasteiger partial charge in [-0.1, -0.05) is 11.6 Å². The van der Waals surface area contributed by atoms with Crippen LogP contribution < -0.4 is 10.6 Å². The molecule has 2 N–H and O–H groups in total. The highest BCUT2D eigenvalue weighted by Gasteiger charge is 2.27. The Morgan fingerprint density at radius 3 is 2.79 bits per heavy atom. The van der Waals surface area contributed by atoms with Gasteiger partial charge in [-0.05, 0) is 26.7 Å². The van der Waals surface area contributed by atoms with Crippen LogP contribution in [0.25, 0.3) is 0 Å². The second kappa shape index (κ2) is 6.19. The molecule has 6 heteroatoms. The summed E-state index contributed by atoms with van der Waals surface area (Å²) in [6.45, 7) is 4.99. The van der Waals surface area contributed by atoms with E-state index in [4.69, 9.17) is 11.6 Å². The third-order valence-corrected chi connectivity index (χ3v) is 3.43. The first-order chi connectivity index (χ1) is 9.11. The van der Waals surface area contributed by atoms with Gasteiger partial charge in [-0.25, -0.2) is 9.97 Å². The van der Waals surface area contributed by atoms with Crippen molar-refractivity contribution in [3.8, 4) is 0 Å². The van der Waals surface area contributed by atoms with Gasteiger partial charge in [0.2, 0.25) is 5.91 Å². The standard InChI is InChI=1S/C13H19ClN4O/c1-3-15-10(19)6-7-16-12-8(2)11(14)17-13(18-12)9-4-5-9/h9H,3-7H2,1-2H3,(H,15,19)(H,16,17,18). The van der Waals surface area contributed by atoms with Crippen LogP contribution in [0.4, 0.5) is 5.82 Å². The third kappa shape index (κ3) is 3.80. The van der Waals surface area contributed by atoms with E-state index in [9.17, 15) is 4.79 Å². The molecule has 5 nitrogen and oxygen atoms in total. The number of anilines is 1. The van der Waals surface area contributed by atoms with Crippen LogP contribution >= 0.6 is 11.6 Å². The number of halogens is 1. The fraction of sp³-hybridized carbons (Fsp3) is 0.615. The molecular weight excluding hydrogens is 264 g/mol. The molecule has 0 atom stereocenters. The molecule has 0 aromatic carbocycles. The summed E-state index contributed by atoms with van der Waals surface area (Å²) in [6, 6.07) is 0. The Kier molecular flexibility index (Phi) is 4.58. The minimum Gasteiger partial charge on any atom is -0.369 e. The van der Waals surface area contributed by atoms with Crippen LogP contribution in [0, 0.1) is 6.92 Å². The number of amides is 1. The number of carbonyl (C=O) groups excluding carboxylic acids is 1. The third-order valence-electron chi connectivity index (χ3n) is 3.06. The first-order valence-electron chi connectivity index (χ1n) is 6.66. The molecule has 1 aliphatic carbocycles. The van der Waals surface area contributed by atoms with E-state index >= 15 is 0 Å². The second-order valence-electron chi connectivity index (χ2n) is 4.75. The molecule has 0 spiro atoms. The van der Waals surface area contributed by atoms with Gasteiger partial charge in [-0.2, -0.15) is 0 Å². The molecule has 0 unspecified atom stereocenters. The number of rotatable bonds is 6. The topological polar surface area (TPSA) is 66.9 Å². The molecule has 2 rings (SSSR count). The van der Waals surface area contributed by atoms with Crippen molar-refractivity contribution in [2.24, 2.45) is 0 Å². The maximum absolute atomic E-state index is 11.4. The summed E-state index contributed by atoms with van der Waals surface area (Å²) in [5.41, 5.74) is 0.835. The van der Waals surface area contributed by atoms with Gasteiger partial charge in [0.25, 0.3) is 0 Å². The van der Waals surface area contributed by atoms with Gasteiger partial charge in [0.15, 0.2) is 0 Å². The Morgan fingerprint density at radius 2 is 2.16 bits per heavy atom. The molecule has 1 saturated carbocycles. The number of aromatic nitrogens is 2. The van der Waals surface area contributed by atoms with Crippen LogP contribution in [-0.2, 0) is 4.79 Å². The summed E-state index contributed by atoms with van der Waals surface area (Å²) in [6.07, 6.45) is 2.70. The molecule has 0 saturated heterocycles. The average molecular weight is 283 g/mol. The number of hydrogen-bond donors (Lipinski definition) is 2. The summed E-state index contributed by atoms with van der Waals surface area (Å²) in [5, 5.41) is 6.43. The zero-order valence-corrected chi connectivity index (χ0v) is 12.0. The normalized spacial score (nSPS) is 14.3. The molecule has 0 aliphatic heterocycles. The number of hydrogen-bond acceptors (Lipinski definition) is 4. The van der Waals surface area contributed by atoms with Crippen molar-refractivity contribution >= 4 is 23.3 Å². The lowest BCUT2D eigenvalue weighted by Crippen LogP contribution is -2.25. The fourth-order valence-corrected chi connectivity index (χ4v) is 1.96. The van der Waals surface area contributed by atoms with Gasteiger partial charge in [-0.3, -0.25) is 4.79 Å². The zero-order valence-electron chi connectivity index (χ0n) is 11.3. The molecule has 1 aliphatic rings. The fourth-order valence-electron chi connectivity index (χ4n) is 1.78. The molecule has 1 aromatic heterocycles. The van der Waals surface area contributed by atoms with Crippen LogP contribution in [0.15, 0.2) is 0 Å². The monoisotopic (exact) mass is 282 g/mol. The SMILES string of the molecule is CCNC(=O)CCNc1nc(C2CC2)nc(Cl)c1C. The van der Waals surface area contributed by atoms with Gasteiger partial charge < -0.3 is 10.6 Å². The number of nitrogens with zero attached hydrogens (tertiary/aromatic N) is 2. The molecule has 0 bridgehead atoms. The molecule has 0 radical (unpaired) electrons. The molecule has 1 fully saturated rings. The lowest BCUT2D eigenvalue weighted by atomic mass is 10.3. The highest BCUT2D eigenvalue weighted by atomic mass is 35.5. The zero-order chi connectivity index (χ0) is 13.8. The Morgan fingerprint density at radius 1 is 1.42 bits per heavy atom. The van der Waals surface area contributed by atoms with E-state index in [-0.39, 0.29) is 5.91 Å². The van der Waals surface area contributed by atoms with Crippen molar-refractivity contribution in [3.63, 3.8) is 0 Å². The molecular formula is C13H19ClN4O. The highest BCUT2D eigenvalue weighted by Crippen LogP contribution is 2.39. The Labute approximate surface area is 118 Å². The molecule has 19 heavy (non-hydrogen) atoms. The Balaban J connectivity index is 1.97. The minimum absolute atomic E-state index is 0.0372. The van der Waals surface area contributed by atoms with Crippen LogP contribution in [0.3, 0.4) is 0 Å². The summed E-state index contributed by atoms with van der Waals surface area (Å²) >= 11 is 6.11. The van der Waals surface area contributed by atoms with Gasteiger partial charge in [-0.15, -0.1) is 0 Å². The van der Waals surface area contributed by atoms with E-state index < -0.39 is 0 Å². The van der Waals surface area contributed by atoms with E-state index in [1.165, 1.54) is 0 Å². The van der Waals surface area contributed by atoms with Crippen LogP contribution in [0.2, 0.25) is 5.15 Å². The second-order valence-corrected chi connectivity index (χ2v) is 5.11. The Hall–Kier alpha value is -1.36. The number of nitrogens with one attached hydrogen (secondary N) is 2. The minimum atomic E-state index is 0.0372. The van der Waals surface area contributed by atoms with Crippen LogP contribution in [-0.4, -0.2) is 29.0 Å².